The van der Waals surface area contributed by atoms with Crippen LogP contribution in [0.15, 0.2) is 11.1 Å². The van der Waals surface area contributed by atoms with Gasteiger partial charge in [0.05, 0.1) is 17.1 Å². The number of rotatable bonds is 2. The summed E-state index contributed by atoms with van der Waals surface area (Å²) < 4.78 is 5.55. The number of hydrogen-bond acceptors (Lipinski definition) is 4. The number of ether oxygens (including phenoxy) is 1. The van der Waals surface area contributed by atoms with Crippen LogP contribution in [0.1, 0.15) is 13.8 Å². The lowest BCUT2D eigenvalue weighted by Crippen LogP contribution is -2.48. The molecule has 1 aliphatic rings. The van der Waals surface area contributed by atoms with E-state index in [-0.39, 0.29) is 18.1 Å². The number of morpholine rings is 1. The molecule has 1 amide bonds. The lowest BCUT2D eigenvalue weighted by Gasteiger charge is -2.35. The molecule has 0 bridgehead atoms. The summed E-state index contributed by atoms with van der Waals surface area (Å²) in [5.41, 5.74) is 0. The molecule has 1 rings (SSSR count). The average molecular weight is 230 g/mol. The summed E-state index contributed by atoms with van der Waals surface area (Å²) >= 11 is 4.14. The van der Waals surface area contributed by atoms with E-state index in [0.717, 1.165) is 0 Å². The third-order valence-electron chi connectivity index (χ3n) is 2.21. The first-order valence-electron chi connectivity index (χ1n) is 5.05. The fourth-order valence-electron chi connectivity index (χ4n) is 1.70. The van der Waals surface area contributed by atoms with Gasteiger partial charge in [-0.3, -0.25) is 4.79 Å². The first-order chi connectivity index (χ1) is 7.04. The molecule has 0 aromatic carbocycles. The van der Waals surface area contributed by atoms with Crippen molar-refractivity contribution in [3.63, 3.8) is 0 Å². The molecule has 2 unspecified atom stereocenters. The Morgan fingerprint density at radius 1 is 1.47 bits per heavy atom. The minimum atomic E-state index is -0.0466. The molecule has 0 radical (unpaired) electrons. The van der Waals surface area contributed by atoms with Crippen molar-refractivity contribution in [2.45, 2.75) is 26.1 Å². The number of hydrogen-bond donors (Lipinski definition) is 2. The van der Waals surface area contributed by atoms with Crippen LogP contribution < -0.4 is 5.32 Å². The third-order valence-corrected chi connectivity index (χ3v) is 2.53. The molecule has 4 nitrogen and oxygen atoms in total. The van der Waals surface area contributed by atoms with Crippen LogP contribution in [-0.2, 0) is 9.53 Å². The normalized spacial score (nSPS) is 27.7. The van der Waals surface area contributed by atoms with Gasteiger partial charge in [-0.15, -0.1) is 12.6 Å². The molecule has 1 N–H and O–H groups in total. The molecule has 1 fully saturated rings. The largest absolute Gasteiger partial charge is 0.393 e. The Morgan fingerprint density at radius 2 is 2.00 bits per heavy atom. The Hall–Kier alpha value is -0.680. The molecule has 0 aromatic rings. The molecule has 0 aliphatic carbocycles. The highest BCUT2D eigenvalue weighted by Gasteiger charge is 2.26. The highest BCUT2D eigenvalue weighted by atomic mass is 32.1. The van der Waals surface area contributed by atoms with E-state index in [2.05, 4.69) is 17.9 Å². The van der Waals surface area contributed by atoms with Crippen LogP contribution in [0, 0.1) is 0 Å². The van der Waals surface area contributed by atoms with Gasteiger partial charge in [-0.1, -0.05) is 0 Å². The quantitative estimate of drug-likeness (QED) is 0.539. The van der Waals surface area contributed by atoms with E-state index in [1.165, 1.54) is 0 Å². The van der Waals surface area contributed by atoms with Crippen LogP contribution in [0.3, 0.4) is 0 Å². The summed E-state index contributed by atoms with van der Waals surface area (Å²) in [5.74, 6) is -0.0466. The van der Waals surface area contributed by atoms with Gasteiger partial charge in [-0.2, -0.15) is 0 Å². The van der Waals surface area contributed by atoms with Crippen molar-refractivity contribution < 1.29 is 9.53 Å². The number of nitrogens with zero attached hydrogens (tertiary/aromatic N) is 1. The zero-order valence-electron chi connectivity index (χ0n) is 9.36. The SMILES string of the molecule is CN/C=C(\S)C(=O)N1CC(C)OC(C)C1. The van der Waals surface area contributed by atoms with Crippen molar-refractivity contribution in [1.82, 2.24) is 10.2 Å². The van der Waals surface area contributed by atoms with Gasteiger partial charge < -0.3 is 15.0 Å². The van der Waals surface area contributed by atoms with E-state index in [0.29, 0.717) is 18.0 Å². The summed E-state index contributed by atoms with van der Waals surface area (Å²) in [4.78, 5) is 14.1. The van der Waals surface area contributed by atoms with E-state index in [1.54, 1.807) is 18.1 Å². The van der Waals surface area contributed by atoms with Crippen LogP contribution in [0.2, 0.25) is 0 Å². The van der Waals surface area contributed by atoms with Gasteiger partial charge >= 0.3 is 0 Å². The summed E-state index contributed by atoms with van der Waals surface area (Å²) in [5, 5.41) is 2.79. The number of carbonyl (C=O) groups is 1. The van der Waals surface area contributed by atoms with Gasteiger partial charge in [0.25, 0.3) is 5.91 Å². The van der Waals surface area contributed by atoms with Gasteiger partial charge in [0.2, 0.25) is 0 Å². The third kappa shape index (κ3) is 3.43. The number of nitrogens with one attached hydrogen (secondary N) is 1. The second-order valence-electron chi connectivity index (χ2n) is 3.79. The first-order valence-corrected chi connectivity index (χ1v) is 5.50. The fourth-order valence-corrected chi connectivity index (χ4v) is 1.97. The maximum atomic E-state index is 11.9. The molecule has 1 heterocycles. The minimum absolute atomic E-state index is 0.0466. The van der Waals surface area contributed by atoms with Crippen molar-refractivity contribution in [3.8, 4) is 0 Å². The van der Waals surface area contributed by atoms with Crippen LogP contribution in [0.4, 0.5) is 0 Å². The molecule has 0 saturated carbocycles. The van der Waals surface area contributed by atoms with Crippen molar-refractivity contribution in [3.05, 3.63) is 11.1 Å². The monoisotopic (exact) mass is 230 g/mol. The summed E-state index contributed by atoms with van der Waals surface area (Å²) in [6, 6.07) is 0. The van der Waals surface area contributed by atoms with Gasteiger partial charge in [-0.25, -0.2) is 0 Å². The van der Waals surface area contributed by atoms with Crippen molar-refractivity contribution in [1.29, 1.82) is 0 Å². The zero-order valence-corrected chi connectivity index (χ0v) is 10.3. The maximum Gasteiger partial charge on any atom is 0.261 e. The molecule has 15 heavy (non-hydrogen) atoms. The second kappa shape index (κ2) is 5.42. The summed E-state index contributed by atoms with van der Waals surface area (Å²) in [6.07, 6.45) is 1.78. The Morgan fingerprint density at radius 3 is 2.47 bits per heavy atom. The molecular formula is C10H18N2O2S. The van der Waals surface area contributed by atoms with E-state index in [9.17, 15) is 4.79 Å². The Bertz CT molecular complexity index is 258. The van der Waals surface area contributed by atoms with Gasteiger partial charge in [-0.05, 0) is 13.8 Å². The molecule has 1 aliphatic heterocycles. The molecule has 1 saturated heterocycles. The van der Waals surface area contributed by atoms with Gasteiger partial charge in [0.15, 0.2) is 0 Å². The standard InChI is InChI=1S/C10H18N2O2S/c1-7-5-12(6-8(2)14-7)10(13)9(15)4-11-3/h4,7-8,11,15H,5-6H2,1-3H3/b9-4-. The predicted octanol–water partition coefficient (Wildman–Crippen LogP) is 0.613. The van der Waals surface area contributed by atoms with Crippen LogP contribution in [0.5, 0.6) is 0 Å². The predicted molar refractivity (Wildman–Crippen MR) is 62.7 cm³/mol. The zero-order chi connectivity index (χ0) is 11.4. The second-order valence-corrected chi connectivity index (χ2v) is 4.27. The van der Waals surface area contributed by atoms with E-state index in [4.69, 9.17) is 4.74 Å². The Balaban J connectivity index is 2.63. The van der Waals surface area contributed by atoms with Crippen LogP contribution in [0.25, 0.3) is 0 Å². The van der Waals surface area contributed by atoms with Crippen molar-refractivity contribution in [2.75, 3.05) is 20.1 Å². The highest BCUT2D eigenvalue weighted by molar-refractivity contribution is 7.85. The Labute approximate surface area is 96.1 Å². The molecule has 86 valence electrons. The number of carbonyl (C=O) groups excluding carboxylic acids is 1. The smallest absolute Gasteiger partial charge is 0.261 e. The molecule has 5 heteroatoms. The van der Waals surface area contributed by atoms with Gasteiger partial charge in [0.1, 0.15) is 0 Å². The minimum Gasteiger partial charge on any atom is -0.393 e. The number of thiol groups is 1. The lowest BCUT2D eigenvalue weighted by molar-refractivity contribution is -0.138. The van der Waals surface area contributed by atoms with Crippen molar-refractivity contribution in [2.24, 2.45) is 0 Å². The van der Waals surface area contributed by atoms with E-state index >= 15 is 0 Å². The van der Waals surface area contributed by atoms with E-state index < -0.39 is 0 Å². The van der Waals surface area contributed by atoms with Crippen LogP contribution in [-0.4, -0.2) is 43.2 Å². The van der Waals surface area contributed by atoms with Crippen LogP contribution >= 0.6 is 12.6 Å². The van der Waals surface area contributed by atoms with Gasteiger partial charge in [0, 0.05) is 26.3 Å². The maximum absolute atomic E-state index is 11.9. The van der Waals surface area contributed by atoms with Crippen molar-refractivity contribution >= 4 is 18.5 Å². The molecule has 2 atom stereocenters. The molecular weight excluding hydrogens is 212 g/mol. The topological polar surface area (TPSA) is 41.6 Å². The first kappa shape index (κ1) is 12.4. The fraction of sp³-hybridized carbons (Fsp3) is 0.700. The molecule has 0 aromatic heterocycles. The summed E-state index contributed by atoms with van der Waals surface area (Å²) in [6.45, 7) is 5.20. The average Bonchev–Trinajstić information content (AvgIpc) is 2.15. The highest BCUT2D eigenvalue weighted by Crippen LogP contribution is 2.14. The molecule has 0 spiro atoms. The van der Waals surface area contributed by atoms with E-state index in [1.807, 2.05) is 13.8 Å². The Kier molecular flexibility index (Phi) is 4.47. The summed E-state index contributed by atoms with van der Waals surface area (Å²) in [7, 11) is 1.74. The lowest BCUT2D eigenvalue weighted by atomic mass is 10.2. The number of amides is 1.